The molecule has 4 heteroatoms. The van der Waals surface area contributed by atoms with Crippen molar-refractivity contribution < 1.29 is 10.2 Å². The lowest BCUT2D eigenvalue weighted by atomic mass is 9.97. The van der Waals surface area contributed by atoms with Gasteiger partial charge in [-0.25, -0.2) is 0 Å². The Hall–Kier alpha value is -5.78. The Morgan fingerprint density at radius 3 is 1.05 bits per heavy atom. The number of benzene rings is 8. The number of aromatic hydroxyl groups is 2. The zero-order valence-corrected chi connectivity index (χ0v) is 34.6. The lowest BCUT2D eigenvalue weighted by Gasteiger charge is -2.28. The van der Waals surface area contributed by atoms with Crippen LogP contribution in [0.4, 0.5) is 0 Å². The summed E-state index contributed by atoms with van der Waals surface area (Å²) in [4.78, 5) is 0. The highest BCUT2D eigenvalue weighted by atomic mass is 31.2. The van der Waals surface area contributed by atoms with E-state index in [-0.39, 0.29) is 5.75 Å². The molecule has 0 aliphatic heterocycles. The van der Waals surface area contributed by atoms with Crippen LogP contribution >= 0.6 is 14.5 Å². The molecule has 0 bridgehead atoms. The second-order valence-corrected chi connectivity index (χ2v) is 22.2. The van der Waals surface area contributed by atoms with Crippen LogP contribution in [0.3, 0.4) is 0 Å². The molecule has 0 atom stereocenters. The fraction of sp³-hybridized carbons (Fsp3) is 0.111. The molecule has 0 heterocycles. The Labute approximate surface area is 345 Å². The van der Waals surface area contributed by atoms with Crippen molar-refractivity contribution in [1.29, 1.82) is 0 Å². The minimum absolute atomic E-state index is 0.252. The van der Waals surface area contributed by atoms with Crippen molar-refractivity contribution >= 4 is 46.4 Å². The Morgan fingerprint density at radius 2 is 0.672 bits per heavy atom. The second kappa shape index (κ2) is 18.2. The second-order valence-electron chi connectivity index (χ2n) is 15.0. The molecule has 8 rings (SSSR count). The molecule has 0 saturated carbocycles. The van der Waals surface area contributed by atoms with Gasteiger partial charge in [0.15, 0.2) is 0 Å². The van der Waals surface area contributed by atoms with E-state index in [1.165, 1.54) is 37.4 Å². The molecule has 0 aliphatic carbocycles. The first-order valence-electron chi connectivity index (χ1n) is 20.3. The summed E-state index contributed by atoms with van der Waals surface area (Å²) >= 11 is 0. The highest BCUT2D eigenvalue weighted by Gasteiger charge is 2.45. The Morgan fingerprint density at radius 1 is 0.328 bits per heavy atom. The SMILES string of the molecule is Oc1ccc(-c2cc(CCC[P+](c3ccccc3)(c3ccccc3)c3ccccc3)ccc2O)cc1CCC[P+](c1ccccc1)(c1ccccc1)c1ccccc1. The van der Waals surface area contributed by atoms with Crippen molar-refractivity contribution in [3.05, 3.63) is 230 Å². The molecule has 2 N–H and O–H groups in total. The molecule has 286 valence electrons. The van der Waals surface area contributed by atoms with Crippen LogP contribution in [0, 0.1) is 0 Å². The minimum Gasteiger partial charge on any atom is -0.508 e. The molecule has 8 aromatic rings. The standard InChI is InChI=1S/C54H48O2P2/c55-53-38-36-44(42-45(53)22-20-40-58(49-29-13-4-14-30-49,50-31-15-5-16-32-50)51-33-17-6-18-34-51)52-41-43(35-37-54(52)56)21-19-39-57(46-23-7-1-8-24-46,47-25-9-2-10-26-47)48-27-11-3-12-28-48/h1-18,23-38,41-42H,19-22,39-40H2/p+2. The van der Waals surface area contributed by atoms with Crippen molar-refractivity contribution in [2.75, 3.05) is 12.3 Å². The number of rotatable bonds is 15. The van der Waals surface area contributed by atoms with Crippen LogP contribution in [-0.4, -0.2) is 22.5 Å². The van der Waals surface area contributed by atoms with Gasteiger partial charge in [0.1, 0.15) is 57.9 Å². The van der Waals surface area contributed by atoms with E-state index in [0.717, 1.165) is 54.7 Å². The first-order chi connectivity index (χ1) is 28.6. The zero-order chi connectivity index (χ0) is 39.6. The zero-order valence-electron chi connectivity index (χ0n) is 32.8. The molecule has 0 amide bonds. The van der Waals surface area contributed by atoms with Crippen LogP contribution in [0.15, 0.2) is 218 Å². The first kappa shape index (κ1) is 39.1. The summed E-state index contributed by atoms with van der Waals surface area (Å²) in [5.41, 5.74) is 3.81. The van der Waals surface area contributed by atoms with Gasteiger partial charge in [0.25, 0.3) is 0 Å². The number of hydrogen-bond acceptors (Lipinski definition) is 2. The molecule has 0 radical (unpaired) electrons. The molecule has 0 fully saturated rings. The molecule has 2 nitrogen and oxygen atoms in total. The van der Waals surface area contributed by atoms with Gasteiger partial charge in [-0.2, -0.15) is 0 Å². The monoisotopic (exact) mass is 792 g/mol. The molecule has 58 heavy (non-hydrogen) atoms. The largest absolute Gasteiger partial charge is 0.508 e. The van der Waals surface area contributed by atoms with Crippen LogP contribution in [0.2, 0.25) is 0 Å². The van der Waals surface area contributed by atoms with Crippen LogP contribution in [0.25, 0.3) is 11.1 Å². The Balaban J connectivity index is 1.05. The molecule has 0 saturated heterocycles. The van der Waals surface area contributed by atoms with Crippen molar-refractivity contribution in [1.82, 2.24) is 0 Å². The van der Waals surface area contributed by atoms with Crippen LogP contribution in [-0.2, 0) is 12.8 Å². The van der Waals surface area contributed by atoms with Crippen molar-refractivity contribution in [3.63, 3.8) is 0 Å². The summed E-state index contributed by atoms with van der Waals surface area (Å²) in [6, 6.07) is 77.9. The number of hydrogen-bond donors (Lipinski definition) is 2. The first-order valence-corrected chi connectivity index (χ1v) is 24.3. The van der Waals surface area contributed by atoms with Gasteiger partial charge < -0.3 is 10.2 Å². The highest BCUT2D eigenvalue weighted by Crippen LogP contribution is 2.57. The lowest BCUT2D eigenvalue weighted by Crippen LogP contribution is -2.33. The van der Waals surface area contributed by atoms with Gasteiger partial charge in [-0.1, -0.05) is 121 Å². The fourth-order valence-corrected chi connectivity index (χ4v) is 17.4. The van der Waals surface area contributed by atoms with Gasteiger partial charge in [0.05, 0.1) is 12.3 Å². The van der Waals surface area contributed by atoms with Gasteiger partial charge in [0, 0.05) is 5.56 Å². The summed E-state index contributed by atoms with van der Waals surface area (Å²) in [7, 11) is -3.93. The third kappa shape index (κ3) is 8.14. The van der Waals surface area contributed by atoms with E-state index >= 15 is 0 Å². The Bertz CT molecular complexity index is 2320. The predicted molar refractivity (Wildman–Crippen MR) is 252 cm³/mol. The smallest absolute Gasteiger partial charge is 0.123 e. The van der Waals surface area contributed by atoms with E-state index in [1.807, 2.05) is 12.1 Å². The summed E-state index contributed by atoms with van der Waals surface area (Å²) in [6.45, 7) is 0. The van der Waals surface area contributed by atoms with Crippen molar-refractivity contribution in [2.45, 2.75) is 25.7 Å². The van der Waals surface area contributed by atoms with Crippen molar-refractivity contribution in [3.8, 4) is 22.6 Å². The molecule has 8 aromatic carbocycles. The maximum Gasteiger partial charge on any atom is 0.123 e. The van der Waals surface area contributed by atoms with E-state index in [4.69, 9.17) is 0 Å². The van der Waals surface area contributed by atoms with Gasteiger partial charge in [0.2, 0.25) is 0 Å². The van der Waals surface area contributed by atoms with E-state index in [9.17, 15) is 10.2 Å². The van der Waals surface area contributed by atoms with E-state index in [0.29, 0.717) is 5.75 Å². The summed E-state index contributed by atoms with van der Waals surface area (Å²) in [5, 5.41) is 30.7. The Kier molecular flexibility index (Phi) is 12.3. The molecule has 0 spiro atoms. The van der Waals surface area contributed by atoms with Crippen LogP contribution in [0.1, 0.15) is 24.0 Å². The molecular weight excluding hydrogens is 743 g/mol. The molecule has 0 aromatic heterocycles. The number of aryl methyl sites for hydroxylation is 2. The highest BCUT2D eigenvalue weighted by molar-refractivity contribution is 7.96. The molecule has 0 unspecified atom stereocenters. The predicted octanol–water partition coefficient (Wildman–Crippen LogP) is 10.6. The van der Waals surface area contributed by atoms with Crippen LogP contribution in [0.5, 0.6) is 11.5 Å². The van der Waals surface area contributed by atoms with Crippen LogP contribution < -0.4 is 31.8 Å². The number of phenolic OH excluding ortho intramolecular Hbond substituents is 2. The maximum absolute atomic E-state index is 11.3. The van der Waals surface area contributed by atoms with E-state index in [2.05, 4.69) is 200 Å². The average molecular weight is 793 g/mol. The van der Waals surface area contributed by atoms with Gasteiger partial charge in [-0.3, -0.25) is 0 Å². The third-order valence-corrected chi connectivity index (χ3v) is 20.6. The fourth-order valence-electron chi connectivity index (χ4n) is 8.71. The topological polar surface area (TPSA) is 40.5 Å². The maximum atomic E-state index is 11.3. The van der Waals surface area contributed by atoms with Gasteiger partial charge >= 0.3 is 0 Å². The van der Waals surface area contributed by atoms with Gasteiger partial charge in [-0.05, 0) is 139 Å². The summed E-state index contributed by atoms with van der Waals surface area (Å²) in [6.07, 6.45) is 5.49. The van der Waals surface area contributed by atoms with Crippen molar-refractivity contribution in [2.24, 2.45) is 0 Å². The normalized spacial score (nSPS) is 11.7. The third-order valence-electron chi connectivity index (χ3n) is 11.5. The van der Waals surface area contributed by atoms with Gasteiger partial charge in [-0.15, -0.1) is 0 Å². The lowest BCUT2D eigenvalue weighted by molar-refractivity contribution is 0.467. The van der Waals surface area contributed by atoms with E-state index in [1.54, 1.807) is 6.07 Å². The average Bonchev–Trinajstić information content (AvgIpc) is 3.30. The minimum atomic E-state index is -1.99. The number of phenols is 2. The molecule has 0 aliphatic rings. The summed E-state index contributed by atoms with van der Waals surface area (Å²) < 4.78 is 0. The molecular formula is C54H50O2P2+2. The quantitative estimate of drug-likeness (QED) is 0.102. The van der Waals surface area contributed by atoms with E-state index < -0.39 is 14.5 Å². The summed E-state index contributed by atoms with van der Waals surface area (Å²) in [5.74, 6) is 0.549.